The molecule has 2 amide bonds. The number of nitrogens with zero attached hydrogens (tertiary/aromatic N) is 2. The summed E-state index contributed by atoms with van der Waals surface area (Å²) in [5.74, 6) is -0.511. The van der Waals surface area contributed by atoms with Gasteiger partial charge in [-0.3, -0.25) is 4.90 Å². The third-order valence-corrected chi connectivity index (χ3v) is 4.85. The van der Waals surface area contributed by atoms with Gasteiger partial charge in [-0.1, -0.05) is 12.1 Å². The van der Waals surface area contributed by atoms with E-state index in [2.05, 4.69) is 4.74 Å². The van der Waals surface area contributed by atoms with Crippen LogP contribution in [0.5, 0.6) is 0 Å². The smallest absolute Gasteiger partial charge is 0.416 e. The second-order valence-electron chi connectivity index (χ2n) is 6.93. The van der Waals surface area contributed by atoms with Crippen LogP contribution in [0.3, 0.4) is 0 Å². The lowest BCUT2D eigenvalue weighted by Gasteiger charge is -2.28. The molecule has 0 aliphatic carbocycles. The summed E-state index contributed by atoms with van der Waals surface area (Å²) in [5, 5.41) is 0. The molecule has 1 heterocycles. The Hall–Kier alpha value is -3.10. The Labute approximate surface area is 170 Å². The molecule has 1 aliphatic heterocycles. The quantitative estimate of drug-likeness (QED) is 0.530. The number of carbonyl (C=O) groups is 2. The van der Waals surface area contributed by atoms with Crippen molar-refractivity contribution < 1.29 is 31.9 Å². The van der Waals surface area contributed by atoms with Crippen molar-refractivity contribution in [3.63, 3.8) is 0 Å². The topological polar surface area (TPSA) is 49.9 Å². The van der Waals surface area contributed by atoms with Crippen LogP contribution in [0.1, 0.15) is 27.9 Å². The lowest BCUT2D eigenvalue weighted by molar-refractivity contribution is -0.137. The first kappa shape index (κ1) is 21.6. The Morgan fingerprint density at radius 1 is 1.10 bits per heavy atom. The van der Waals surface area contributed by atoms with Gasteiger partial charge in [-0.05, 0) is 48.4 Å². The summed E-state index contributed by atoms with van der Waals surface area (Å²) in [6, 6.07) is 10.0. The first-order valence-electron chi connectivity index (χ1n) is 9.24. The maximum Gasteiger partial charge on any atom is 0.416 e. The highest BCUT2D eigenvalue weighted by Gasteiger charge is 2.32. The van der Waals surface area contributed by atoms with Gasteiger partial charge in [0, 0.05) is 12.2 Å². The van der Waals surface area contributed by atoms with Gasteiger partial charge in [0.25, 0.3) is 0 Å². The fraction of sp³-hybridized carbons (Fsp3) is 0.333. The number of methoxy groups -OCH3 is 1. The normalized spacial score (nSPS) is 16.4. The molecular formula is C21H20F4N2O3. The number of alkyl halides is 4. The van der Waals surface area contributed by atoms with Crippen LogP contribution < -0.4 is 4.90 Å². The fourth-order valence-corrected chi connectivity index (χ4v) is 3.21. The van der Waals surface area contributed by atoms with Crippen LogP contribution in [-0.2, 0) is 17.5 Å². The number of benzene rings is 2. The predicted octanol–water partition coefficient (Wildman–Crippen LogP) is 4.66. The first-order chi connectivity index (χ1) is 14.2. The minimum atomic E-state index is -4.49. The van der Waals surface area contributed by atoms with Gasteiger partial charge >= 0.3 is 18.2 Å². The lowest BCUT2D eigenvalue weighted by atomic mass is 10.1. The minimum absolute atomic E-state index is 0.0408. The van der Waals surface area contributed by atoms with E-state index in [-0.39, 0.29) is 31.7 Å². The van der Waals surface area contributed by atoms with Crippen molar-refractivity contribution in [2.24, 2.45) is 0 Å². The average Bonchev–Trinajstić information content (AvgIpc) is 3.17. The van der Waals surface area contributed by atoms with Crippen molar-refractivity contribution in [1.82, 2.24) is 4.90 Å². The van der Waals surface area contributed by atoms with E-state index in [1.165, 1.54) is 41.2 Å². The molecule has 160 valence electrons. The van der Waals surface area contributed by atoms with Crippen molar-refractivity contribution in [2.75, 3.05) is 25.1 Å². The largest absolute Gasteiger partial charge is 0.465 e. The molecule has 0 saturated carbocycles. The van der Waals surface area contributed by atoms with E-state index in [1.807, 2.05) is 0 Å². The number of likely N-dealkylation sites (tertiary alicyclic amines) is 1. The minimum Gasteiger partial charge on any atom is -0.465 e. The zero-order chi connectivity index (χ0) is 21.9. The first-order valence-corrected chi connectivity index (χ1v) is 9.24. The van der Waals surface area contributed by atoms with Gasteiger partial charge < -0.3 is 9.64 Å². The highest BCUT2D eigenvalue weighted by molar-refractivity contribution is 5.92. The summed E-state index contributed by atoms with van der Waals surface area (Å²) in [5.41, 5.74) is 0.402. The molecule has 2 aromatic carbocycles. The second-order valence-corrected chi connectivity index (χ2v) is 6.93. The van der Waals surface area contributed by atoms with Crippen molar-refractivity contribution in [3.8, 4) is 0 Å². The van der Waals surface area contributed by atoms with E-state index in [9.17, 15) is 27.2 Å². The molecular weight excluding hydrogens is 404 g/mol. The van der Waals surface area contributed by atoms with Gasteiger partial charge in [0.1, 0.15) is 6.17 Å². The molecule has 0 aromatic heterocycles. The van der Waals surface area contributed by atoms with E-state index in [4.69, 9.17) is 0 Å². The van der Waals surface area contributed by atoms with Gasteiger partial charge in [-0.15, -0.1) is 0 Å². The van der Waals surface area contributed by atoms with E-state index >= 15 is 0 Å². The van der Waals surface area contributed by atoms with Gasteiger partial charge in [0.05, 0.1) is 31.3 Å². The number of esters is 1. The summed E-state index contributed by atoms with van der Waals surface area (Å²) in [6.45, 7) is 0.217. The molecule has 1 saturated heterocycles. The molecule has 0 spiro atoms. The van der Waals surface area contributed by atoms with Gasteiger partial charge in [0.2, 0.25) is 0 Å². The zero-order valence-electron chi connectivity index (χ0n) is 16.2. The number of carbonyl (C=O) groups excluding carboxylic acids is 2. The molecule has 1 atom stereocenters. The van der Waals surface area contributed by atoms with Crippen molar-refractivity contribution in [3.05, 3.63) is 65.2 Å². The van der Waals surface area contributed by atoms with E-state index in [1.54, 1.807) is 12.1 Å². The van der Waals surface area contributed by atoms with Crippen LogP contribution in [0.4, 0.5) is 28.0 Å². The Morgan fingerprint density at radius 2 is 1.73 bits per heavy atom. The van der Waals surface area contributed by atoms with E-state index < -0.39 is 29.9 Å². The van der Waals surface area contributed by atoms with Crippen LogP contribution in [0, 0.1) is 0 Å². The molecule has 0 radical (unpaired) electrons. The maximum atomic E-state index is 13.6. The van der Waals surface area contributed by atoms with Gasteiger partial charge in [-0.25, -0.2) is 14.0 Å². The molecule has 0 bridgehead atoms. The Morgan fingerprint density at radius 3 is 2.23 bits per heavy atom. The van der Waals surface area contributed by atoms with E-state index in [0.29, 0.717) is 11.1 Å². The van der Waals surface area contributed by atoms with Crippen LogP contribution in [-0.4, -0.2) is 43.3 Å². The van der Waals surface area contributed by atoms with Gasteiger partial charge in [-0.2, -0.15) is 13.2 Å². The Kier molecular flexibility index (Phi) is 6.28. The Bertz CT molecular complexity index is 898. The number of halogens is 4. The number of rotatable bonds is 4. The summed E-state index contributed by atoms with van der Waals surface area (Å²) in [4.78, 5) is 27.2. The molecule has 1 fully saturated rings. The number of anilines is 1. The number of hydrogen-bond donors (Lipinski definition) is 0. The van der Waals surface area contributed by atoms with Crippen LogP contribution in [0.2, 0.25) is 0 Å². The van der Waals surface area contributed by atoms with Gasteiger partial charge in [0.15, 0.2) is 0 Å². The lowest BCUT2D eigenvalue weighted by Crippen LogP contribution is -2.42. The molecule has 5 nitrogen and oxygen atoms in total. The number of hydrogen-bond acceptors (Lipinski definition) is 3. The summed E-state index contributed by atoms with van der Waals surface area (Å²) >= 11 is 0. The summed E-state index contributed by atoms with van der Waals surface area (Å²) in [7, 11) is 1.26. The van der Waals surface area contributed by atoms with Crippen molar-refractivity contribution in [1.29, 1.82) is 0 Å². The van der Waals surface area contributed by atoms with Crippen molar-refractivity contribution in [2.45, 2.75) is 25.3 Å². The molecule has 30 heavy (non-hydrogen) atoms. The molecule has 9 heteroatoms. The Balaban J connectivity index is 1.87. The number of amides is 2. The summed E-state index contributed by atoms with van der Waals surface area (Å²) < 4.78 is 56.9. The van der Waals surface area contributed by atoms with Crippen molar-refractivity contribution >= 4 is 17.7 Å². The SMILES string of the molecule is COC(=O)c1ccc(CN(C(=O)N2CC[C@@H](F)C2)c2ccc(C(F)(F)F)cc2)cc1. The number of ether oxygens (including phenoxy) is 1. The maximum absolute atomic E-state index is 13.6. The molecule has 1 aliphatic rings. The fourth-order valence-electron chi connectivity index (χ4n) is 3.21. The highest BCUT2D eigenvalue weighted by atomic mass is 19.4. The standard InChI is InChI=1S/C21H20F4N2O3/c1-30-19(28)15-4-2-14(3-5-15)12-27(20(29)26-11-10-17(22)13-26)18-8-6-16(7-9-18)21(23,24)25/h2-9,17H,10-13H2,1H3/t17-/m1/s1. The van der Waals surface area contributed by atoms with Crippen LogP contribution >= 0.6 is 0 Å². The molecule has 0 N–H and O–H groups in total. The van der Waals surface area contributed by atoms with E-state index in [0.717, 1.165) is 12.1 Å². The monoisotopic (exact) mass is 424 g/mol. The predicted molar refractivity (Wildman–Crippen MR) is 102 cm³/mol. The molecule has 2 aromatic rings. The molecule has 3 rings (SSSR count). The third kappa shape index (κ3) is 4.90. The zero-order valence-corrected chi connectivity index (χ0v) is 16.2. The number of urea groups is 1. The average molecular weight is 424 g/mol. The van der Waals surface area contributed by atoms with Crippen LogP contribution in [0.25, 0.3) is 0 Å². The highest BCUT2D eigenvalue weighted by Crippen LogP contribution is 2.31. The second kappa shape index (κ2) is 8.73. The van der Waals surface area contributed by atoms with Crippen LogP contribution in [0.15, 0.2) is 48.5 Å². The molecule has 0 unspecified atom stereocenters. The summed E-state index contributed by atoms with van der Waals surface area (Å²) in [6.07, 6.45) is -5.39. The third-order valence-electron chi connectivity index (χ3n) is 4.85.